The van der Waals surface area contributed by atoms with E-state index < -0.39 is 11.2 Å². The Balaban J connectivity index is 1.92. The standard InChI is InChI=1S/C14H24N2O4/c1-10-9-19-14(11(17)15-10)5-7-16(8-6-14)12(18)20-13(2,3)4/h10H,5-9H2,1-4H3,(H,15,17)/t10-/m1/s1. The summed E-state index contributed by atoms with van der Waals surface area (Å²) in [5.41, 5.74) is -1.26. The van der Waals surface area contributed by atoms with E-state index in [-0.39, 0.29) is 18.0 Å². The monoisotopic (exact) mass is 284 g/mol. The maximum Gasteiger partial charge on any atom is 0.410 e. The summed E-state index contributed by atoms with van der Waals surface area (Å²) in [6, 6.07) is 0.0528. The van der Waals surface area contributed by atoms with E-state index in [2.05, 4.69) is 5.32 Å². The zero-order chi connectivity index (χ0) is 15.0. The molecular formula is C14H24N2O4. The van der Waals surface area contributed by atoms with Crippen LogP contribution < -0.4 is 5.32 Å². The molecule has 0 saturated carbocycles. The van der Waals surface area contributed by atoms with Crippen LogP contribution in [0.2, 0.25) is 0 Å². The Bertz CT molecular complexity index is 394. The molecule has 1 N–H and O–H groups in total. The molecule has 20 heavy (non-hydrogen) atoms. The normalized spacial score (nSPS) is 26.3. The number of hydrogen-bond donors (Lipinski definition) is 1. The van der Waals surface area contributed by atoms with E-state index >= 15 is 0 Å². The third kappa shape index (κ3) is 3.23. The summed E-state index contributed by atoms with van der Waals surface area (Å²) in [5.74, 6) is -0.0555. The Kier molecular flexibility index (Phi) is 3.95. The molecule has 2 saturated heterocycles. The second-order valence-corrected chi connectivity index (χ2v) is 6.65. The zero-order valence-corrected chi connectivity index (χ0v) is 12.7. The number of ether oxygens (including phenoxy) is 2. The lowest BCUT2D eigenvalue weighted by atomic mass is 9.88. The van der Waals surface area contributed by atoms with Crippen LogP contribution in [0.5, 0.6) is 0 Å². The molecule has 2 aliphatic heterocycles. The molecular weight excluding hydrogens is 260 g/mol. The maximum atomic E-state index is 12.1. The molecule has 1 spiro atoms. The average molecular weight is 284 g/mol. The first kappa shape index (κ1) is 15.1. The minimum absolute atomic E-state index is 0.0528. The van der Waals surface area contributed by atoms with Gasteiger partial charge in [-0.25, -0.2) is 4.79 Å². The number of carbonyl (C=O) groups is 2. The second kappa shape index (κ2) is 5.24. The number of morpholine rings is 1. The highest BCUT2D eigenvalue weighted by Crippen LogP contribution is 2.30. The molecule has 2 fully saturated rings. The molecule has 0 aliphatic carbocycles. The van der Waals surface area contributed by atoms with Crippen molar-refractivity contribution in [1.29, 1.82) is 0 Å². The van der Waals surface area contributed by atoms with Crippen LogP contribution in [0.15, 0.2) is 0 Å². The summed E-state index contributed by atoms with van der Waals surface area (Å²) < 4.78 is 11.1. The molecule has 0 aromatic heterocycles. The van der Waals surface area contributed by atoms with Gasteiger partial charge in [0.15, 0.2) is 0 Å². The van der Waals surface area contributed by atoms with Gasteiger partial charge in [-0.05, 0) is 27.7 Å². The molecule has 0 unspecified atom stereocenters. The summed E-state index contributed by atoms with van der Waals surface area (Å²) in [5, 5.41) is 2.92. The Labute approximate surface area is 119 Å². The SMILES string of the molecule is C[C@@H]1COC2(CCN(C(=O)OC(C)(C)C)CC2)C(=O)N1. The molecule has 1 atom stereocenters. The van der Waals surface area contributed by atoms with Gasteiger partial charge in [-0.2, -0.15) is 0 Å². The number of amides is 2. The first-order valence-corrected chi connectivity index (χ1v) is 7.15. The fourth-order valence-corrected chi connectivity index (χ4v) is 2.50. The highest BCUT2D eigenvalue weighted by molar-refractivity contribution is 5.86. The van der Waals surface area contributed by atoms with Gasteiger partial charge >= 0.3 is 6.09 Å². The van der Waals surface area contributed by atoms with Crippen molar-refractivity contribution in [3.05, 3.63) is 0 Å². The largest absolute Gasteiger partial charge is 0.444 e. The fraction of sp³-hybridized carbons (Fsp3) is 0.857. The van der Waals surface area contributed by atoms with Gasteiger partial charge in [-0.3, -0.25) is 4.79 Å². The highest BCUT2D eigenvalue weighted by atomic mass is 16.6. The Hall–Kier alpha value is -1.30. The van der Waals surface area contributed by atoms with Gasteiger partial charge in [-0.15, -0.1) is 0 Å². The number of piperidine rings is 1. The van der Waals surface area contributed by atoms with Crippen LogP contribution in [0.1, 0.15) is 40.5 Å². The van der Waals surface area contributed by atoms with Crippen molar-refractivity contribution in [2.45, 2.75) is 57.8 Å². The van der Waals surface area contributed by atoms with Crippen LogP contribution >= 0.6 is 0 Å². The summed E-state index contributed by atoms with van der Waals surface area (Å²) in [6.07, 6.45) is 0.715. The molecule has 0 aromatic rings. The number of carbonyl (C=O) groups excluding carboxylic acids is 2. The molecule has 2 heterocycles. The van der Waals surface area contributed by atoms with E-state index in [1.165, 1.54) is 0 Å². The first-order chi connectivity index (χ1) is 9.22. The quantitative estimate of drug-likeness (QED) is 0.728. The number of hydrogen-bond acceptors (Lipinski definition) is 4. The Morgan fingerprint density at radius 3 is 2.50 bits per heavy atom. The lowest BCUT2D eigenvalue weighted by Gasteiger charge is -2.44. The lowest BCUT2D eigenvalue weighted by molar-refractivity contribution is -0.165. The highest BCUT2D eigenvalue weighted by Gasteiger charge is 2.46. The number of rotatable bonds is 0. The van der Waals surface area contributed by atoms with Crippen molar-refractivity contribution in [2.75, 3.05) is 19.7 Å². The smallest absolute Gasteiger partial charge is 0.410 e. The van der Waals surface area contributed by atoms with Crippen LogP contribution in [0, 0.1) is 0 Å². The molecule has 0 radical (unpaired) electrons. The first-order valence-electron chi connectivity index (χ1n) is 7.15. The van der Waals surface area contributed by atoms with Gasteiger partial charge in [0.1, 0.15) is 11.2 Å². The van der Waals surface area contributed by atoms with Crippen LogP contribution in [0.25, 0.3) is 0 Å². The average Bonchev–Trinajstić information content (AvgIpc) is 2.33. The molecule has 0 aromatic carbocycles. The van der Waals surface area contributed by atoms with E-state index in [1.807, 2.05) is 27.7 Å². The van der Waals surface area contributed by atoms with E-state index in [0.717, 1.165) is 0 Å². The summed E-state index contributed by atoms with van der Waals surface area (Å²) in [4.78, 5) is 25.7. The second-order valence-electron chi connectivity index (χ2n) is 6.65. The molecule has 6 heteroatoms. The van der Waals surface area contributed by atoms with Crippen molar-refractivity contribution in [2.24, 2.45) is 0 Å². The molecule has 2 amide bonds. The lowest BCUT2D eigenvalue weighted by Crippen LogP contribution is -2.62. The predicted molar refractivity (Wildman–Crippen MR) is 73.3 cm³/mol. The van der Waals surface area contributed by atoms with Crippen molar-refractivity contribution < 1.29 is 19.1 Å². The van der Waals surface area contributed by atoms with Gasteiger partial charge in [0.2, 0.25) is 0 Å². The maximum absolute atomic E-state index is 12.1. The number of nitrogens with zero attached hydrogens (tertiary/aromatic N) is 1. The summed E-state index contributed by atoms with van der Waals surface area (Å²) >= 11 is 0. The van der Waals surface area contributed by atoms with Gasteiger partial charge in [-0.1, -0.05) is 0 Å². The van der Waals surface area contributed by atoms with E-state index in [0.29, 0.717) is 32.5 Å². The fourth-order valence-electron chi connectivity index (χ4n) is 2.50. The number of likely N-dealkylation sites (tertiary alicyclic amines) is 1. The van der Waals surface area contributed by atoms with Gasteiger partial charge in [0, 0.05) is 32.0 Å². The van der Waals surface area contributed by atoms with Crippen LogP contribution in [0.4, 0.5) is 4.79 Å². The van der Waals surface area contributed by atoms with Crippen LogP contribution in [-0.4, -0.2) is 53.8 Å². The summed E-state index contributed by atoms with van der Waals surface area (Å²) in [6.45, 7) is 8.94. The molecule has 2 rings (SSSR count). The van der Waals surface area contributed by atoms with Gasteiger partial charge in [0.05, 0.1) is 6.61 Å². The van der Waals surface area contributed by atoms with E-state index in [9.17, 15) is 9.59 Å². The van der Waals surface area contributed by atoms with Crippen molar-refractivity contribution >= 4 is 12.0 Å². The topological polar surface area (TPSA) is 67.9 Å². The summed E-state index contributed by atoms with van der Waals surface area (Å²) in [7, 11) is 0. The van der Waals surface area contributed by atoms with Crippen LogP contribution in [-0.2, 0) is 14.3 Å². The van der Waals surface area contributed by atoms with E-state index in [1.54, 1.807) is 4.90 Å². The Morgan fingerprint density at radius 2 is 2.00 bits per heavy atom. The third-order valence-corrected chi connectivity index (χ3v) is 3.62. The molecule has 6 nitrogen and oxygen atoms in total. The number of nitrogens with one attached hydrogen (secondary N) is 1. The van der Waals surface area contributed by atoms with Crippen molar-refractivity contribution in [1.82, 2.24) is 10.2 Å². The third-order valence-electron chi connectivity index (χ3n) is 3.62. The Morgan fingerprint density at radius 1 is 1.40 bits per heavy atom. The van der Waals surface area contributed by atoms with Gasteiger partial charge in [0.25, 0.3) is 5.91 Å². The minimum Gasteiger partial charge on any atom is -0.444 e. The van der Waals surface area contributed by atoms with Crippen LogP contribution in [0.3, 0.4) is 0 Å². The molecule has 2 aliphatic rings. The predicted octanol–water partition coefficient (Wildman–Crippen LogP) is 1.29. The van der Waals surface area contributed by atoms with Crippen molar-refractivity contribution in [3.8, 4) is 0 Å². The molecule has 114 valence electrons. The minimum atomic E-state index is -0.759. The zero-order valence-electron chi connectivity index (χ0n) is 12.7. The van der Waals surface area contributed by atoms with E-state index in [4.69, 9.17) is 9.47 Å². The van der Waals surface area contributed by atoms with Gasteiger partial charge < -0.3 is 19.7 Å². The van der Waals surface area contributed by atoms with Crippen molar-refractivity contribution in [3.63, 3.8) is 0 Å². The molecule has 0 bridgehead atoms.